The lowest BCUT2D eigenvalue weighted by molar-refractivity contribution is -0.127. The lowest BCUT2D eigenvalue weighted by Crippen LogP contribution is -2.45. The van der Waals surface area contributed by atoms with E-state index in [9.17, 15) is 9.59 Å². The molecular weight excluding hydrogens is 454 g/mol. The van der Waals surface area contributed by atoms with Crippen LogP contribution in [0.1, 0.15) is 10.9 Å². The van der Waals surface area contributed by atoms with Crippen LogP contribution in [0.25, 0.3) is 11.0 Å². The van der Waals surface area contributed by atoms with Gasteiger partial charge in [-0.15, -0.1) is 16.4 Å². The van der Waals surface area contributed by atoms with Crippen molar-refractivity contribution >= 4 is 39.9 Å². The number of rotatable bonds is 10. The fourth-order valence-corrected chi connectivity index (χ4v) is 4.44. The number of methoxy groups -OCH3 is 2. The number of benzene rings is 2. The molecule has 10 heteroatoms. The summed E-state index contributed by atoms with van der Waals surface area (Å²) in [6, 6.07) is 17.3. The number of thiophene rings is 1. The number of ether oxygens (including phenoxy) is 2. The molecule has 0 fully saturated rings. The van der Waals surface area contributed by atoms with Gasteiger partial charge in [0.25, 0.3) is 0 Å². The molecule has 0 radical (unpaired) electrons. The van der Waals surface area contributed by atoms with Gasteiger partial charge in [0.1, 0.15) is 23.9 Å². The number of carbonyl (C=O) groups is 2. The number of amides is 2. The summed E-state index contributed by atoms with van der Waals surface area (Å²) in [5.41, 5.74) is 1.96. The first-order valence-electron chi connectivity index (χ1n) is 10.7. The number of nitrogens with zero attached hydrogens (tertiary/aromatic N) is 4. The van der Waals surface area contributed by atoms with Crippen LogP contribution in [0.2, 0.25) is 0 Å². The number of para-hydroxylation sites is 1. The van der Waals surface area contributed by atoms with Gasteiger partial charge in [0.15, 0.2) is 0 Å². The van der Waals surface area contributed by atoms with Crippen molar-refractivity contribution in [3.63, 3.8) is 0 Å². The van der Waals surface area contributed by atoms with Gasteiger partial charge in [0.2, 0.25) is 11.8 Å². The molecule has 9 nitrogen and oxygen atoms in total. The zero-order valence-corrected chi connectivity index (χ0v) is 19.7. The van der Waals surface area contributed by atoms with E-state index in [2.05, 4.69) is 15.6 Å². The van der Waals surface area contributed by atoms with Gasteiger partial charge >= 0.3 is 0 Å². The van der Waals surface area contributed by atoms with Crippen LogP contribution in [0.3, 0.4) is 0 Å². The molecule has 34 heavy (non-hydrogen) atoms. The summed E-state index contributed by atoms with van der Waals surface area (Å²) in [6.07, 6.45) is 0. The van der Waals surface area contributed by atoms with Crippen LogP contribution < -0.4 is 15.0 Å². The Morgan fingerprint density at radius 2 is 1.97 bits per heavy atom. The van der Waals surface area contributed by atoms with Crippen molar-refractivity contribution < 1.29 is 19.1 Å². The molecule has 0 bridgehead atoms. The normalized spacial score (nSPS) is 11.8. The highest BCUT2D eigenvalue weighted by atomic mass is 32.1. The van der Waals surface area contributed by atoms with Gasteiger partial charge in [-0.25, -0.2) is 4.68 Å². The van der Waals surface area contributed by atoms with E-state index in [0.717, 1.165) is 10.4 Å². The Morgan fingerprint density at radius 3 is 2.74 bits per heavy atom. The summed E-state index contributed by atoms with van der Waals surface area (Å²) in [6.45, 7) is 0.594. The average Bonchev–Trinajstić information content (AvgIpc) is 3.53. The van der Waals surface area contributed by atoms with Crippen molar-refractivity contribution in [3.05, 3.63) is 70.9 Å². The Morgan fingerprint density at radius 1 is 1.12 bits per heavy atom. The van der Waals surface area contributed by atoms with Gasteiger partial charge in [-0.3, -0.25) is 14.5 Å². The van der Waals surface area contributed by atoms with Gasteiger partial charge in [-0.1, -0.05) is 29.5 Å². The molecular formula is C24H25N5O4S. The molecule has 0 saturated heterocycles. The maximum atomic E-state index is 13.8. The molecule has 176 valence electrons. The molecule has 2 heterocycles. The Hall–Kier alpha value is -3.76. The largest absolute Gasteiger partial charge is 0.497 e. The second-order valence-corrected chi connectivity index (χ2v) is 8.38. The van der Waals surface area contributed by atoms with Crippen LogP contribution in [0, 0.1) is 0 Å². The maximum absolute atomic E-state index is 13.8. The van der Waals surface area contributed by atoms with E-state index in [4.69, 9.17) is 9.47 Å². The topological polar surface area (TPSA) is 98.6 Å². The summed E-state index contributed by atoms with van der Waals surface area (Å²) in [7, 11) is 3.12. The molecule has 1 atom stereocenters. The quantitative estimate of drug-likeness (QED) is 0.351. The molecule has 4 aromatic rings. The smallest absolute Gasteiger partial charge is 0.249 e. The molecule has 0 aliphatic heterocycles. The molecule has 0 aliphatic rings. The van der Waals surface area contributed by atoms with Crippen molar-refractivity contribution in [2.24, 2.45) is 0 Å². The van der Waals surface area contributed by atoms with Crippen molar-refractivity contribution in [3.8, 4) is 5.75 Å². The van der Waals surface area contributed by atoms with Crippen molar-refractivity contribution in [2.45, 2.75) is 12.6 Å². The van der Waals surface area contributed by atoms with Gasteiger partial charge in [0, 0.05) is 30.3 Å². The molecule has 0 aliphatic carbocycles. The zero-order chi connectivity index (χ0) is 23.9. The number of fused-ring (bicyclic) bond motifs is 1. The lowest BCUT2D eigenvalue weighted by Gasteiger charge is -2.31. The molecule has 0 unspecified atom stereocenters. The minimum absolute atomic E-state index is 0.0923. The highest BCUT2D eigenvalue weighted by molar-refractivity contribution is 7.10. The Labute approximate surface area is 200 Å². The first-order chi connectivity index (χ1) is 16.6. The van der Waals surface area contributed by atoms with Crippen LogP contribution in [-0.2, 0) is 20.9 Å². The second-order valence-electron chi connectivity index (χ2n) is 7.40. The van der Waals surface area contributed by atoms with Gasteiger partial charge in [0.05, 0.1) is 19.2 Å². The fraction of sp³-hybridized carbons (Fsp3) is 0.250. The summed E-state index contributed by atoms with van der Waals surface area (Å²) in [4.78, 5) is 29.4. The zero-order valence-electron chi connectivity index (χ0n) is 18.9. The summed E-state index contributed by atoms with van der Waals surface area (Å²) in [5.74, 6) is -0.0467. The molecule has 4 rings (SSSR count). The number of hydrogen-bond donors (Lipinski definition) is 1. The number of aromatic nitrogens is 3. The van der Waals surface area contributed by atoms with Crippen molar-refractivity contribution in [2.75, 3.05) is 32.3 Å². The van der Waals surface area contributed by atoms with Crippen molar-refractivity contribution in [1.29, 1.82) is 0 Å². The minimum Gasteiger partial charge on any atom is -0.497 e. The monoisotopic (exact) mass is 479 g/mol. The maximum Gasteiger partial charge on any atom is 0.249 e. The number of hydrogen-bond acceptors (Lipinski definition) is 7. The van der Waals surface area contributed by atoms with E-state index in [1.165, 1.54) is 16.2 Å². The standard InChI is InChI=1S/C24H25N5O4S/c1-32-13-12-25-24(31)23(21-11-6-14-34-21)29(17-7-5-8-18(15-17)33-2)22(30)16-28-20-10-4-3-9-19(20)26-27-28/h3-11,14-15,23H,12-13,16H2,1-2H3,(H,25,31)/t23-/m0/s1. The minimum atomic E-state index is -0.883. The Balaban J connectivity index is 1.75. The van der Waals surface area contributed by atoms with Gasteiger partial charge in [-0.2, -0.15) is 0 Å². The molecule has 2 aromatic carbocycles. The van der Waals surface area contributed by atoms with E-state index in [0.29, 0.717) is 30.1 Å². The summed E-state index contributed by atoms with van der Waals surface area (Å²) >= 11 is 1.41. The Bertz CT molecular complexity index is 1260. The first-order valence-corrected chi connectivity index (χ1v) is 11.5. The number of nitrogens with one attached hydrogen (secondary N) is 1. The lowest BCUT2D eigenvalue weighted by atomic mass is 10.1. The van der Waals surface area contributed by atoms with Gasteiger partial charge < -0.3 is 14.8 Å². The van der Waals surface area contributed by atoms with Crippen molar-refractivity contribution in [1.82, 2.24) is 20.3 Å². The molecule has 0 saturated carbocycles. The molecule has 0 spiro atoms. The summed E-state index contributed by atoms with van der Waals surface area (Å²) in [5, 5.41) is 13.1. The SMILES string of the molecule is COCCNC(=O)[C@H](c1cccs1)N(C(=O)Cn1nnc2ccccc21)c1cccc(OC)c1. The highest BCUT2D eigenvalue weighted by Gasteiger charge is 2.34. The Kier molecular flexibility index (Phi) is 7.51. The average molecular weight is 480 g/mol. The number of carbonyl (C=O) groups excluding carboxylic acids is 2. The number of anilines is 1. The van der Waals surface area contributed by atoms with Crippen LogP contribution in [-0.4, -0.2) is 54.2 Å². The van der Waals surface area contributed by atoms with E-state index in [1.54, 1.807) is 43.2 Å². The summed E-state index contributed by atoms with van der Waals surface area (Å²) < 4.78 is 12.0. The van der Waals surface area contributed by atoms with Crippen LogP contribution in [0.4, 0.5) is 5.69 Å². The second kappa shape index (κ2) is 10.9. The third kappa shape index (κ3) is 5.08. The van der Waals surface area contributed by atoms with E-state index >= 15 is 0 Å². The molecule has 1 N–H and O–H groups in total. The van der Waals surface area contributed by atoms with Crippen LogP contribution >= 0.6 is 11.3 Å². The van der Waals surface area contributed by atoms with E-state index in [1.807, 2.05) is 41.8 Å². The highest BCUT2D eigenvalue weighted by Crippen LogP contribution is 2.33. The first kappa shape index (κ1) is 23.4. The third-order valence-corrected chi connectivity index (χ3v) is 6.15. The van der Waals surface area contributed by atoms with Crippen LogP contribution in [0.15, 0.2) is 66.0 Å². The predicted octanol–water partition coefficient (Wildman–Crippen LogP) is 3.04. The van der Waals surface area contributed by atoms with Crippen LogP contribution in [0.5, 0.6) is 5.75 Å². The molecule has 2 amide bonds. The van der Waals surface area contributed by atoms with Gasteiger partial charge in [-0.05, 0) is 35.7 Å². The predicted molar refractivity (Wildman–Crippen MR) is 130 cm³/mol. The fourth-order valence-electron chi connectivity index (χ4n) is 3.63. The molecule has 2 aromatic heterocycles. The third-order valence-electron chi connectivity index (χ3n) is 5.23. The van der Waals surface area contributed by atoms with E-state index < -0.39 is 6.04 Å². The van der Waals surface area contributed by atoms with E-state index in [-0.39, 0.29) is 18.4 Å².